The fourth-order valence-corrected chi connectivity index (χ4v) is 3.28. The molecule has 0 saturated carbocycles. The highest BCUT2D eigenvalue weighted by Crippen LogP contribution is 2.32. The Labute approximate surface area is 139 Å². The van der Waals surface area contributed by atoms with Crippen LogP contribution in [0.5, 0.6) is 0 Å². The van der Waals surface area contributed by atoms with Crippen molar-refractivity contribution in [2.75, 3.05) is 11.9 Å². The van der Waals surface area contributed by atoms with Crippen LogP contribution in [0.25, 0.3) is 11.4 Å². The molecule has 0 bridgehead atoms. The molecule has 1 N–H and O–H groups in total. The molecule has 2 rings (SSSR count). The van der Waals surface area contributed by atoms with Gasteiger partial charge in [-0.25, -0.2) is 9.97 Å². The van der Waals surface area contributed by atoms with Gasteiger partial charge in [0.15, 0.2) is 5.82 Å². The number of hydrogen-bond acceptors (Lipinski definition) is 4. The second-order valence-electron chi connectivity index (χ2n) is 6.13. The van der Waals surface area contributed by atoms with E-state index in [1.807, 2.05) is 13.0 Å². The van der Waals surface area contributed by atoms with Crippen LogP contribution in [-0.2, 0) is 5.41 Å². The Kier molecular flexibility index (Phi) is 4.91. The van der Waals surface area contributed by atoms with Crippen LogP contribution >= 0.6 is 22.6 Å². The lowest BCUT2D eigenvalue weighted by molar-refractivity contribution is 0.534. The summed E-state index contributed by atoms with van der Waals surface area (Å²) in [5.41, 5.74) is 1.98. The molecule has 2 heterocycles. The number of halogens is 1. The SMILES string of the molecule is CCCNc1nc(-c2ccoc2C)nc(C(C)(C)C)c1I. The van der Waals surface area contributed by atoms with Gasteiger partial charge in [-0.3, -0.25) is 0 Å². The van der Waals surface area contributed by atoms with Crippen LogP contribution < -0.4 is 5.32 Å². The maximum atomic E-state index is 5.39. The van der Waals surface area contributed by atoms with Crippen LogP contribution in [0.3, 0.4) is 0 Å². The van der Waals surface area contributed by atoms with Crippen molar-refractivity contribution < 1.29 is 4.42 Å². The highest BCUT2D eigenvalue weighted by molar-refractivity contribution is 14.1. The molecule has 0 atom stereocenters. The number of aromatic nitrogens is 2. The summed E-state index contributed by atoms with van der Waals surface area (Å²) >= 11 is 2.34. The zero-order valence-electron chi connectivity index (χ0n) is 13.2. The van der Waals surface area contributed by atoms with Crippen molar-refractivity contribution in [3.8, 4) is 11.4 Å². The van der Waals surface area contributed by atoms with Crippen molar-refractivity contribution in [2.24, 2.45) is 0 Å². The monoisotopic (exact) mass is 399 g/mol. The maximum Gasteiger partial charge on any atom is 0.165 e. The summed E-state index contributed by atoms with van der Waals surface area (Å²) in [5.74, 6) is 2.48. The van der Waals surface area contributed by atoms with E-state index in [-0.39, 0.29) is 5.41 Å². The Hall–Kier alpha value is -1.11. The third kappa shape index (κ3) is 3.56. The van der Waals surface area contributed by atoms with Gasteiger partial charge in [0.25, 0.3) is 0 Å². The Balaban J connectivity index is 2.59. The van der Waals surface area contributed by atoms with Gasteiger partial charge in [0, 0.05) is 12.0 Å². The van der Waals surface area contributed by atoms with Gasteiger partial charge in [0.2, 0.25) is 0 Å². The normalized spacial score (nSPS) is 11.7. The van der Waals surface area contributed by atoms with Crippen molar-refractivity contribution in [3.63, 3.8) is 0 Å². The minimum Gasteiger partial charge on any atom is -0.469 e. The highest BCUT2D eigenvalue weighted by Gasteiger charge is 2.24. The number of furan rings is 1. The third-order valence-corrected chi connectivity index (χ3v) is 4.23. The summed E-state index contributed by atoms with van der Waals surface area (Å²) in [7, 11) is 0. The Morgan fingerprint density at radius 1 is 1.29 bits per heavy atom. The van der Waals surface area contributed by atoms with E-state index >= 15 is 0 Å². The molecule has 0 spiro atoms. The van der Waals surface area contributed by atoms with Crippen molar-refractivity contribution in [3.05, 3.63) is 27.4 Å². The van der Waals surface area contributed by atoms with E-state index in [0.717, 1.165) is 45.2 Å². The first-order valence-electron chi connectivity index (χ1n) is 7.21. The number of aryl methyl sites for hydroxylation is 1. The van der Waals surface area contributed by atoms with Crippen LogP contribution in [0.1, 0.15) is 45.6 Å². The number of rotatable bonds is 4. The van der Waals surface area contributed by atoms with Gasteiger partial charge in [0.05, 0.1) is 21.1 Å². The standard InChI is InChI=1S/C16H22IN3O/c1-6-8-18-15-12(17)13(16(3,4)5)19-14(20-15)11-7-9-21-10(11)2/h7,9H,6,8H2,1-5H3,(H,18,19,20). The molecule has 0 aliphatic rings. The molecule has 0 aromatic carbocycles. The molecular weight excluding hydrogens is 377 g/mol. The van der Waals surface area contributed by atoms with Crippen molar-refractivity contribution in [1.82, 2.24) is 9.97 Å². The molecule has 0 saturated heterocycles. The van der Waals surface area contributed by atoms with Crippen LogP contribution in [0.15, 0.2) is 16.7 Å². The summed E-state index contributed by atoms with van der Waals surface area (Å²) in [6.07, 6.45) is 2.74. The van der Waals surface area contributed by atoms with Crippen LogP contribution in [0, 0.1) is 10.5 Å². The van der Waals surface area contributed by atoms with E-state index in [2.05, 4.69) is 55.6 Å². The fraction of sp³-hybridized carbons (Fsp3) is 0.500. The second kappa shape index (κ2) is 6.34. The third-order valence-electron chi connectivity index (χ3n) is 3.20. The summed E-state index contributed by atoms with van der Waals surface area (Å²) in [6.45, 7) is 11.5. The molecule has 0 radical (unpaired) electrons. The van der Waals surface area contributed by atoms with Gasteiger partial charge in [-0.15, -0.1) is 0 Å². The molecular formula is C16H22IN3O. The number of hydrogen-bond donors (Lipinski definition) is 1. The molecule has 2 aromatic rings. The number of nitrogens with zero attached hydrogens (tertiary/aromatic N) is 2. The van der Waals surface area contributed by atoms with E-state index in [4.69, 9.17) is 14.4 Å². The topological polar surface area (TPSA) is 51.0 Å². The summed E-state index contributed by atoms with van der Waals surface area (Å²) in [5, 5.41) is 3.41. The smallest absolute Gasteiger partial charge is 0.165 e. The Morgan fingerprint density at radius 2 is 2.00 bits per heavy atom. The number of nitrogens with one attached hydrogen (secondary N) is 1. The molecule has 5 heteroatoms. The first-order chi connectivity index (χ1) is 9.84. The van der Waals surface area contributed by atoms with Gasteiger partial charge in [-0.2, -0.15) is 0 Å². The largest absolute Gasteiger partial charge is 0.469 e. The maximum absolute atomic E-state index is 5.39. The van der Waals surface area contributed by atoms with Gasteiger partial charge in [-0.1, -0.05) is 27.7 Å². The van der Waals surface area contributed by atoms with E-state index in [1.165, 1.54) is 0 Å². The van der Waals surface area contributed by atoms with Gasteiger partial charge < -0.3 is 9.73 Å². The second-order valence-corrected chi connectivity index (χ2v) is 7.20. The predicted molar refractivity (Wildman–Crippen MR) is 94.7 cm³/mol. The predicted octanol–water partition coefficient (Wildman–Crippen LogP) is 4.77. The van der Waals surface area contributed by atoms with E-state index in [1.54, 1.807) is 6.26 Å². The van der Waals surface area contributed by atoms with E-state index in [9.17, 15) is 0 Å². The highest BCUT2D eigenvalue weighted by atomic mass is 127. The molecule has 4 nitrogen and oxygen atoms in total. The fourth-order valence-electron chi connectivity index (χ4n) is 2.04. The first kappa shape index (κ1) is 16.3. The zero-order chi connectivity index (χ0) is 15.6. The van der Waals surface area contributed by atoms with Crippen LogP contribution in [0.4, 0.5) is 5.82 Å². The lowest BCUT2D eigenvalue weighted by Gasteiger charge is -2.22. The van der Waals surface area contributed by atoms with Gasteiger partial charge in [-0.05, 0) is 42.0 Å². The summed E-state index contributed by atoms with van der Waals surface area (Å²) in [4.78, 5) is 9.49. The summed E-state index contributed by atoms with van der Waals surface area (Å²) < 4.78 is 6.49. The van der Waals surface area contributed by atoms with Crippen molar-refractivity contribution in [1.29, 1.82) is 0 Å². The Morgan fingerprint density at radius 3 is 2.52 bits per heavy atom. The first-order valence-corrected chi connectivity index (χ1v) is 8.28. The Bertz CT molecular complexity index is 629. The lowest BCUT2D eigenvalue weighted by Crippen LogP contribution is -2.19. The molecule has 21 heavy (non-hydrogen) atoms. The molecule has 0 aliphatic heterocycles. The van der Waals surface area contributed by atoms with Crippen molar-refractivity contribution in [2.45, 2.75) is 46.5 Å². The molecule has 0 amide bonds. The number of anilines is 1. The zero-order valence-corrected chi connectivity index (χ0v) is 15.4. The van der Waals surface area contributed by atoms with Gasteiger partial charge >= 0.3 is 0 Å². The van der Waals surface area contributed by atoms with Crippen LogP contribution in [-0.4, -0.2) is 16.5 Å². The molecule has 0 unspecified atom stereocenters. The minimum absolute atomic E-state index is 0.0332. The van der Waals surface area contributed by atoms with Crippen LogP contribution in [0.2, 0.25) is 0 Å². The van der Waals surface area contributed by atoms with E-state index < -0.39 is 0 Å². The van der Waals surface area contributed by atoms with Crippen molar-refractivity contribution >= 4 is 28.4 Å². The minimum atomic E-state index is -0.0332. The average molecular weight is 399 g/mol. The quantitative estimate of drug-likeness (QED) is 0.753. The van der Waals surface area contributed by atoms with Gasteiger partial charge in [0.1, 0.15) is 11.6 Å². The average Bonchev–Trinajstić information content (AvgIpc) is 2.82. The molecule has 0 aliphatic carbocycles. The summed E-state index contributed by atoms with van der Waals surface area (Å²) in [6, 6.07) is 1.92. The van der Waals surface area contributed by atoms with E-state index in [0.29, 0.717) is 0 Å². The molecule has 114 valence electrons. The molecule has 2 aromatic heterocycles. The lowest BCUT2D eigenvalue weighted by atomic mass is 9.91. The molecule has 0 fully saturated rings.